The summed E-state index contributed by atoms with van der Waals surface area (Å²) in [5.74, 6) is -0.675. The lowest BCUT2D eigenvalue weighted by atomic mass is 10.0. The maximum Gasteiger partial charge on any atom is 0.247 e. The number of para-hydroxylation sites is 2. The van der Waals surface area contributed by atoms with E-state index in [2.05, 4.69) is 16.0 Å². The van der Waals surface area contributed by atoms with E-state index in [0.717, 1.165) is 48.2 Å². The van der Waals surface area contributed by atoms with Crippen LogP contribution in [-0.2, 0) is 14.4 Å². The SMILES string of the molecule is Cc1ccc(NC(=O)C[C@@H]2C(=O)Nc3ccccc3N2[C@@H](C)C(=O)NC2CCCC2)c(C)c1. The minimum Gasteiger partial charge on any atom is -0.352 e. The zero-order valence-corrected chi connectivity index (χ0v) is 19.5. The molecule has 1 aliphatic carbocycles. The van der Waals surface area contributed by atoms with Gasteiger partial charge in [0.2, 0.25) is 17.7 Å². The summed E-state index contributed by atoms with van der Waals surface area (Å²) in [6, 6.07) is 12.0. The summed E-state index contributed by atoms with van der Waals surface area (Å²) >= 11 is 0. The highest BCUT2D eigenvalue weighted by molar-refractivity contribution is 6.08. The van der Waals surface area contributed by atoms with E-state index < -0.39 is 12.1 Å². The van der Waals surface area contributed by atoms with Crippen LogP contribution in [0.25, 0.3) is 0 Å². The molecule has 4 rings (SSSR count). The van der Waals surface area contributed by atoms with Crippen LogP contribution in [0.15, 0.2) is 42.5 Å². The summed E-state index contributed by atoms with van der Waals surface area (Å²) < 4.78 is 0. The van der Waals surface area contributed by atoms with Crippen molar-refractivity contribution in [2.75, 3.05) is 15.5 Å². The highest BCUT2D eigenvalue weighted by Crippen LogP contribution is 2.35. The molecular formula is C26H32N4O3. The predicted octanol–water partition coefficient (Wildman–Crippen LogP) is 3.91. The van der Waals surface area contributed by atoms with Crippen LogP contribution in [0.4, 0.5) is 17.1 Å². The zero-order chi connectivity index (χ0) is 23.5. The molecule has 1 heterocycles. The van der Waals surface area contributed by atoms with Crippen molar-refractivity contribution in [2.24, 2.45) is 0 Å². The van der Waals surface area contributed by atoms with Gasteiger partial charge in [0.15, 0.2) is 0 Å². The van der Waals surface area contributed by atoms with Gasteiger partial charge in [-0.05, 0) is 57.4 Å². The number of fused-ring (bicyclic) bond motifs is 1. The number of hydrogen-bond acceptors (Lipinski definition) is 4. The first-order valence-corrected chi connectivity index (χ1v) is 11.7. The van der Waals surface area contributed by atoms with E-state index in [-0.39, 0.29) is 30.2 Å². The van der Waals surface area contributed by atoms with Gasteiger partial charge in [0.25, 0.3) is 0 Å². The second-order valence-electron chi connectivity index (χ2n) is 9.17. The molecule has 33 heavy (non-hydrogen) atoms. The Balaban J connectivity index is 1.56. The standard InChI is InChI=1S/C26H32N4O3/c1-16-12-13-20(17(2)14-16)28-24(31)15-23-26(33)29-21-10-6-7-11-22(21)30(23)18(3)25(32)27-19-8-4-5-9-19/h6-7,10-14,18-19,23H,4-5,8-9,15H2,1-3H3,(H,27,32)(H,28,31)(H,29,33)/t18-,23+/m0/s1. The quantitative estimate of drug-likeness (QED) is 0.625. The van der Waals surface area contributed by atoms with Crippen molar-refractivity contribution >= 4 is 34.8 Å². The number of carbonyl (C=O) groups is 3. The minimum absolute atomic E-state index is 0.0610. The number of aryl methyl sites for hydroxylation is 2. The number of benzene rings is 2. The third kappa shape index (κ3) is 5.02. The van der Waals surface area contributed by atoms with Crippen molar-refractivity contribution in [3.63, 3.8) is 0 Å². The number of amides is 3. The van der Waals surface area contributed by atoms with E-state index in [0.29, 0.717) is 5.69 Å². The monoisotopic (exact) mass is 448 g/mol. The molecule has 1 fully saturated rings. The summed E-state index contributed by atoms with van der Waals surface area (Å²) in [4.78, 5) is 41.0. The third-order valence-corrected chi connectivity index (χ3v) is 6.61. The van der Waals surface area contributed by atoms with Gasteiger partial charge in [-0.15, -0.1) is 0 Å². The Labute approximate surface area is 194 Å². The molecule has 0 radical (unpaired) electrons. The topological polar surface area (TPSA) is 90.5 Å². The van der Waals surface area contributed by atoms with E-state index >= 15 is 0 Å². The number of rotatable bonds is 6. The van der Waals surface area contributed by atoms with Gasteiger partial charge in [-0.3, -0.25) is 14.4 Å². The molecule has 0 unspecified atom stereocenters. The van der Waals surface area contributed by atoms with Gasteiger partial charge in [0, 0.05) is 11.7 Å². The highest BCUT2D eigenvalue weighted by Gasteiger charge is 2.39. The van der Waals surface area contributed by atoms with Crippen LogP contribution in [-0.4, -0.2) is 35.8 Å². The molecule has 3 N–H and O–H groups in total. The maximum atomic E-state index is 13.1. The fourth-order valence-corrected chi connectivity index (χ4v) is 4.83. The first kappa shape index (κ1) is 22.8. The molecule has 2 atom stereocenters. The van der Waals surface area contributed by atoms with Crippen LogP contribution in [0.5, 0.6) is 0 Å². The Morgan fingerprint density at radius 2 is 1.85 bits per heavy atom. The predicted molar refractivity (Wildman–Crippen MR) is 130 cm³/mol. The smallest absolute Gasteiger partial charge is 0.247 e. The van der Waals surface area contributed by atoms with Crippen LogP contribution >= 0.6 is 0 Å². The number of hydrogen-bond donors (Lipinski definition) is 3. The number of nitrogens with zero attached hydrogens (tertiary/aromatic N) is 1. The molecule has 0 spiro atoms. The van der Waals surface area contributed by atoms with Gasteiger partial charge in [-0.1, -0.05) is 42.7 Å². The minimum atomic E-state index is -0.796. The molecule has 0 saturated heterocycles. The van der Waals surface area contributed by atoms with Gasteiger partial charge < -0.3 is 20.9 Å². The van der Waals surface area contributed by atoms with E-state index in [1.54, 1.807) is 11.8 Å². The van der Waals surface area contributed by atoms with Gasteiger partial charge >= 0.3 is 0 Å². The average Bonchev–Trinajstić information content (AvgIpc) is 3.29. The Hall–Kier alpha value is -3.35. The van der Waals surface area contributed by atoms with Crippen LogP contribution in [0.1, 0.15) is 50.2 Å². The molecule has 2 aromatic carbocycles. The van der Waals surface area contributed by atoms with Crippen molar-refractivity contribution in [3.8, 4) is 0 Å². The number of anilines is 3. The molecular weight excluding hydrogens is 416 g/mol. The molecule has 174 valence electrons. The third-order valence-electron chi connectivity index (χ3n) is 6.61. The van der Waals surface area contributed by atoms with Gasteiger partial charge in [0.1, 0.15) is 12.1 Å². The van der Waals surface area contributed by atoms with E-state index in [9.17, 15) is 14.4 Å². The molecule has 7 nitrogen and oxygen atoms in total. The van der Waals surface area contributed by atoms with Crippen molar-refractivity contribution in [1.29, 1.82) is 0 Å². The molecule has 2 aromatic rings. The lowest BCUT2D eigenvalue weighted by Gasteiger charge is -2.41. The summed E-state index contributed by atoms with van der Waals surface area (Å²) in [6.07, 6.45) is 4.15. The maximum absolute atomic E-state index is 13.1. The lowest BCUT2D eigenvalue weighted by Crippen LogP contribution is -2.58. The van der Waals surface area contributed by atoms with Gasteiger partial charge in [-0.25, -0.2) is 0 Å². The average molecular weight is 449 g/mol. The van der Waals surface area contributed by atoms with Crippen LogP contribution in [0, 0.1) is 13.8 Å². The fraction of sp³-hybridized carbons (Fsp3) is 0.423. The second kappa shape index (κ2) is 9.65. The first-order chi connectivity index (χ1) is 15.8. The number of nitrogens with one attached hydrogen (secondary N) is 3. The molecule has 2 aliphatic rings. The molecule has 1 aliphatic heterocycles. The van der Waals surface area contributed by atoms with Gasteiger partial charge in [-0.2, -0.15) is 0 Å². The summed E-state index contributed by atoms with van der Waals surface area (Å²) in [5.41, 5.74) is 4.19. The fourth-order valence-electron chi connectivity index (χ4n) is 4.83. The summed E-state index contributed by atoms with van der Waals surface area (Å²) in [7, 11) is 0. The Morgan fingerprint density at radius 3 is 2.58 bits per heavy atom. The number of carbonyl (C=O) groups excluding carboxylic acids is 3. The van der Waals surface area contributed by atoms with Crippen LogP contribution in [0.2, 0.25) is 0 Å². The van der Waals surface area contributed by atoms with Crippen molar-refractivity contribution < 1.29 is 14.4 Å². The molecule has 1 saturated carbocycles. The van der Waals surface area contributed by atoms with Crippen LogP contribution in [0.3, 0.4) is 0 Å². The highest BCUT2D eigenvalue weighted by atomic mass is 16.2. The Morgan fingerprint density at radius 1 is 1.12 bits per heavy atom. The zero-order valence-electron chi connectivity index (χ0n) is 19.5. The van der Waals surface area contributed by atoms with Crippen LogP contribution < -0.4 is 20.9 Å². The summed E-state index contributed by atoms with van der Waals surface area (Å²) in [6.45, 7) is 5.74. The Kier molecular flexibility index (Phi) is 6.67. The van der Waals surface area contributed by atoms with Gasteiger partial charge in [0.05, 0.1) is 17.8 Å². The van der Waals surface area contributed by atoms with Crippen molar-refractivity contribution in [3.05, 3.63) is 53.6 Å². The molecule has 0 bridgehead atoms. The van der Waals surface area contributed by atoms with E-state index in [1.807, 2.05) is 56.3 Å². The summed E-state index contributed by atoms with van der Waals surface area (Å²) in [5, 5.41) is 8.97. The lowest BCUT2D eigenvalue weighted by molar-refractivity contribution is -0.125. The van der Waals surface area contributed by atoms with Crippen molar-refractivity contribution in [1.82, 2.24) is 5.32 Å². The van der Waals surface area contributed by atoms with E-state index in [1.165, 1.54) is 0 Å². The van der Waals surface area contributed by atoms with E-state index in [4.69, 9.17) is 0 Å². The molecule has 3 amide bonds. The molecule has 0 aromatic heterocycles. The normalized spacial score (nSPS) is 18.9. The Bertz CT molecular complexity index is 1060. The largest absolute Gasteiger partial charge is 0.352 e. The van der Waals surface area contributed by atoms with Crippen molar-refractivity contribution in [2.45, 2.75) is 71.0 Å². The second-order valence-corrected chi connectivity index (χ2v) is 9.17. The molecule has 7 heteroatoms. The first-order valence-electron chi connectivity index (χ1n) is 11.7.